The largest absolute Gasteiger partial charge is 0.466 e. The SMILES string of the molecule is CCOC(=O)CC(=O)Oc1ccc([N+](=O)[O-])cc1F. The Labute approximate surface area is 107 Å². The van der Waals surface area contributed by atoms with Crippen LogP contribution >= 0.6 is 0 Å². The van der Waals surface area contributed by atoms with E-state index in [4.69, 9.17) is 0 Å². The molecular weight excluding hydrogens is 261 g/mol. The molecule has 0 aliphatic heterocycles. The first-order chi connectivity index (χ1) is 8.93. The molecule has 0 spiro atoms. The topological polar surface area (TPSA) is 95.7 Å². The molecule has 1 rings (SSSR count). The fourth-order valence-electron chi connectivity index (χ4n) is 1.17. The molecule has 0 bridgehead atoms. The number of ether oxygens (including phenoxy) is 2. The van der Waals surface area contributed by atoms with Gasteiger partial charge in [0.05, 0.1) is 17.6 Å². The quantitative estimate of drug-likeness (QED) is 0.265. The van der Waals surface area contributed by atoms with Gasteiger partial charge in [-0.1, -0.05) is 0 Å². The van der Waals surface area contributed by atoms with Crippen LogP contribution in [0.2, 0.25) is 0 Å². The normalized spacial score (nSPS) is 9.79. The van der Waals surface area contributed by atoms with Crippen LogP contribution in [0.15, 0.2) is 18.2 Å². The predicted octanol–water partition coefficient (Wildman–Crippen LogP) is 1.59. The van der Waals surface area contributed by atoms with Gasteiger partial charge < -0.3 is 9.47 Å². The van der Waals surface area contributed by atoms with E-state index in [9.17, 15) is 24.1 Å². The molecule has 0 atom stereocenters. The van der Waals surface area contributed by atoms with Gasteiger partial charge in [-0.3, -0.25) is 19.7 Å². The lowest BCUT2D eigenvalue weighted by atomic mass is 10.3. The standard InChI is InChI=1S/C11H10FNO6/c1-2-18-10(14)6-11(15)19-9-4-3-7(13(16)17)5-8(9)12/h3-5H,2,6H2,1H3. The van der Waals surface area contributed by atoms with Crippen LogP contribution in [-0.4, -0.2) is 23.5 Å². The van der Waals surface area contributed by atoms with Crippen LogP contribution in [0.4, 0.5) is 10.1 Å². The molecule has 0 fully saturated rings. The van der Waals surface area contributed by atoms with Crippen LogP contribution in [0.5, 0.6) is 5.75 Å². The van der Waals surface area contributed by atoms with E-state index >= 15 is 0 Å². The third-order valence-corrected chi connectivity index (χ3v) is 1.94. The van der Waals surface area contributed by atoms with Crippen LogP contribution < -0.4 is 4.74 Å². The number of carbonyl (C=O) groups excluding carboxylic acids is 2. The molecule has 0 saturated carbocycles. The Bertz CT molecular complexity index is 516. The summed E-state index contributed by atoms with van der Waals surface area (Å²) in [6.07, 6.45) is -0.662. The van der Waals surface area contributed by atoms with E-state index in [0.29, 0.717) is 6.07 Å². The maximum Gasteiger partial charge on any atom is 0.322 e. The lowest BCUT2D eigenvalue weighted by Gasteiger charge is -2.05. The summed E-state index contributed by atoms with van der Waals surface area (Å²) in [6, 6.07) is 2.54. The minimum absolute atomic E-state index is 0.109. The third-order valence-electron chi connectivity index (χ3n) is 1.94. The summed E-state index contributed by atoms with van der Waals surface area (Å²) in [5.74, 6) is -3.35. The van der Waals surface area contributed by atoms with Crippen molar-refractivity contribution < 1.29 is 28.4 Å². The van der Waals surface area contributed by atoms with Gasteiger partial charge in [0.15, 0.2) is 11.6 Å². The van der Waals surface area contributed by atoms with E-state index in [1.54, 1.807) is 6.92 Å². The van der Waals surface area contributed by atoms with Crippen molar-refractivity contribution in [2.75, 3.05) is 6.61 Å². The zero-order valence-corrected chi connectivity index (χ0v) is 9.92. The number of hydrogen-bond donors (Lipinski definition) is 0. The summed E-state index contributed by atoms with van der Waals surface area (Å²) in [4.78, 5) is 31.8. The number of halogens is 1. The molecule has 102 valence electrons. The van der Waals surface area contributed by atoms with Crippen molar-refractivity contribution in [2.45, 2.75) is 13.3 Å². The minimum Gasteiger partial charge on any atom is -0.466 e. The average molecular weight is 271 g/mol. The molecule has 8 heteroatoms. The van der Waals surface area contributed by atoms with Gasteiger partial charge >= 0.3 is 11.9 Å². The smallest absolute Gasteiger partial charge is 0.322 e. The van der Waals surface area contributed by atoms with E-state index in [0.717, 1.165) is 12.1 Å². The number of esters is 2. The summed E-state index contributed by atoms with van der Waals surface area (Å²) < 4.78 is 22.4. The molecule has 0 N–H and O–H groups in total. The second kappa shape index (κ2) is 6.43. The molecule has 0 unspecified atom stereocenters. The maximum absolute atomic E-state index is 13.4. The average Bonchev–Trinajstić information content (AvgIpc) is 2.31. The van der Waals surface area contributed by atoms with Crippen molar-refractivity contribution in [1.82, 2.24) is 0 Å². The minimum atomic E-state index is -1.06. The number of nitrogens with zero attached hydrogens (tertiary/aromatic N) is 1. The van der Waals surface area contributed by atoms with Gasteiger partial charge in [0, 0.05) is 6.07 Å². The zero-order chi connectivity index (χ0) is 14.4. The van der Waals surface area contributed by atoms with Gasteiger partial charge in [-0.25, -0.2) is 4.39 Å². The number of non-ortho nitro benzene ring substituents is 1. The van der Waals surface area contributed by atoms with Crippen molar-refractivity contribution in [3.63, 3.8) is 0 Å². The molecule has 0 aromatic heterocycles. The second-order valence-corrected chi connectivity index (χ2v) is 3.33. The first-order valence-electron chi connectivity index (χ1n) is 5.24. The van der Waals surface area contributed by atoms with Gasteiger partial charge in [-0.2, -0.15) is 0 Å². The number of hydrogen-bond acceptors (Lipinski definition) is 6. The fraction of sp³-hybridized carbons (Fsp3) is 0.273. The first kappa shape index (κ1) is 14.6. The highest BCUT2D eigenvalue weighted by Gasteiger charge is 2.17. The highest BCUT2D eigenvalue weighted by Crippen LogP contribution is 2.22. The molecule has 0 aliphatic carbocycles. The molecule has 1 aromatic carbocycles. The Morgan fingerprint density at radius 3 is 2.58 bits per heavy atom. The monoisotopic (exact) mass is 271 g/mol. The zero-order valence-electron chi connectivity index (χ0n) is 9.92. The van der Waals surface area contributed by atoms with Gasteiger partial charge in [-0.05, 0) is 13.0 Å². The Morgan fingerprint density at radius 2 is 2.05 bits per heavy atom. The molecule has 0 saturated heterocycles. The van der Waals surface area contributed by atoms with Crippen molar-refractivity contribution in [3.05, 3.63) is 34.1 Å². The molecule has 0 aliphatic rings. The molecule has 0 heterocycles. The number of carbonyl (C=O) groups is 2. The highest BCUT2D eigenvalue weighted by molar-refractivity contribution is 5.92. The van der Waals surface area contributed by atoms with Gasteiger partial charge in [0.2, 0.25) is 0 Å². The summed E-state index contributed by atoms with van der Waals surface area (Å²) in [7, 11) is 0. The lowest BCUT2D eigenvalue weighted by molar-refractivity contribution is -0.385. The number of nitro groups is 1. The lowest BCUT2D eigenvalue weighted by Crippen LogP contribution is -2.16. The van der Waals surface area contributed by atoms with Crippen molar-refractivity contribution >= 4 is 17.6 Å². The molecule has 19 heavy (non-hydrogen) atoms. The third kappa shape index (κ3) is 4.34. The Balaban J connectivity index is 2.69. The van der Waals surface area contributed by atoms with E-state index < -0.39 is 40.5 Å². The van der Waals surface area contributed by atoms with E-state index in [-0.39, 0.29) is 6.61 Å². The Hall–Kier alpha value is -2.51. The van der Waals surface area contributed by atoms with Crippen molar-refractivity contribution in [1.29, 1.82) is 0 Å². The molecular formula is C11H10FNO6. The predicted molar refractivity (Wildman–Crippen MR) is 59.9 cm³/mol. The van der Waals surface area contributed by atoms with E-state index in [2.05, 4.69) is 9.47 Å². The summed E-state index contributed by atoms with van der Waals surface area (Å²) in [5.41, 5.74) is -0.470. The van der Waals surface area contributed by atoms with Gasteiger partial charge in [-0.15, -0.1) is 0 Å². The highest BCUT2D eigenvalue weighted by atomic mass is 19.1. The van der Waals surface area contributed by atoms with Gasteiger partial charge in [0.25, 0.3) is 5.69 Å². The fourth-order valence-corrected chi connectivity index (χ4v) is 1.17. The van der Waals surface area contributed by atoms with E-state index in [1.807, 2.05) is 0 Å². The van der Waals surface area contributed by atoms with Crippen LogP contribution in [0.1, 0.15) is 13.3 Å². The molecule has 0 radical (unpaired) electrons. The van der Waals surface area contributed by atoms with Crippen LogP contribution in [0.25, 0.3) is 0 Å². The number of nitro benzene ring substituents is 1. The first-order valence-corrected chi connectivity index (χ1v) is 5.24. The van der Waals surface area contributed by atoms with Gasteiger partial charge in [0.1, 0.15) is 6.42 Å². The van der Waals surface area contributed by atoms with E-state index in [1.165, 1.54) is 0 Å². The summed E-state index contributed by atoms with van der Waals surface area (Å²) in [6.45, 7) is 1.68. The maximum atomic E-state index is 13.4. The van der Waals surface area contributed by atoms with Crippen molar-refractivity contribution in [3.8, 4) is 5.75 Å². The van der Waals surface area contributed by atoms with Crippen molar-refractivity contribution in [2.24, 2.45) is 0 Å². The number of benzene rings is 1. The van der Waals surface area contributed by atoms with Crippen LogP contribution in [0, 0.1) is 15.9 Å². The summed E-state index contributed by atoms with van der Waals surface area (Å²) in [5, 5.41) is 10.4. The number of rotatable bonds is 5. The molecule has 7 nitrogen and oxygen atoms in total. The van der Waals surface area contributed by atoms with Crippen LogP contribution in [0.3, 0.4) is 0 Å². The summed E-state index contributed by atoms with van der Waals surface area (Å²) >= 11 is 0. The Morgan fingerprint density at radius 1 is 1.37 bits per heavy atom. The molecule has 0 amide bonds. The molecule has 1 aromatic rings. The second-order valence-electron chi connectivity index (χ2n) is 3.33. The van der Waals surface area contributed by atoms with Crippen LogP contribution in [-0.2, 0) is 14.3 Å². The Kier molecular flexibility index (Phi) is 4.92.